The Bertz CT molecular complexity index is 817. The third kappa shape index (κ3) is 5.80. The van der Waals surface area contributed by atoms with Crippen LogP contribution in [0.2, 0.25) is 0 Å². The minimum Gasteiger partial charge on any atom is -0.406 e. The van der Waals surface area contributed by atoms with Gasteiger partial charge in [0, 0.05) is 11.8 Å². The monoisotopic (exact) mass is 434 g/mol. The molecule has 1 saturated heterocycles. The number of hydrogen-bond donors (Lipinski definition) is 0. The molecule has 2 aliphatic rings. The second kappa shape index (κ2) is 9.61. The standard InChI is InChI=1S/C25H29F3O3/c1-2-17-3-5-20(6-4-17)22-15-29-24(30-16-22)21-9-7-18(8-10-21)19-11-13-23(14-12-19)31-25(26,27)28/h3-6,11-14,18,21-22,24H,2,7-10,15-16H2,1H3. The summed E-state index contributed by atoms with van der Waals surface area (Å²) in [5.41, 5.74) is 3.66. The normalized spacial score (nSPS) is 27.1. The molecule has 168 valence electrons. The molecule has 6 heteroatoms. The van der Waals surface area contributed by atoms with E-state index in [1.54, 1.807) is 12.1 Å². The van der Waals surface area contributed by atoms with Crippen molar-refractivity contribution in [2.75, 3.05) is 13.2 Å². The third-order valence-electron chi connectivity index (χ3n) is 6.52. The van der Waals surface area contributed by atoms with Crippen LogP contribution in [0.25, 0.3) is 0 Å². The summed E-state index contributed by atoms with van der Waals surface area (Å²) in [4.78, 5) is 0. The van der Waals surface area contributed by atoms with E-state index in [-0.39, 0.29) is 18.0 Å². The van der Waals surface area contributed by atoms with Crippen LogP contribution in [0.5, 0.6) is 5.75 Å². The van der Waals surface area contributed by atoms with Gasteiger partial charge >= 0.3 is 6.36 Å². The average molecular weight is 434 g/mol. The van der Waals surface area contributed by atoms with E-state index >= 15 is 0 Å². The zero-order valence-electron chi connectivity index (χ0n) is 17.7. The summed E-state index contributed by atoms with van der Waals surface area (Å²) in [5, 5.41) is 0. The number of alkyl halides is 3. The van der Waals surface area contributed by atoms with E-state index in [0.29, 0.717) is 25.0 Å². The molecule has 1 aliphatic carbocycles. The molecular weight excluding hydrogens is 405 g/mol. The summed E-state index contributed by atoms with van der Waals surface area (Å²) < 4.78 is 53.1. The third-order valence-corrected chi connectivity index (χ3v) is 6.52. The summed E-state index contributed by atoms with van der Waals surface area (Å²) >= 11 is 0. The van der Waals surface area contributed by atoms with Crippen LogP contribution in [0.3, 0.4) is 0 Å². The van der Waals surface area contributed by atoms with Crippen molar-refractivity contribution in [3.05, 3.63) is 65.2 Å². The maximum atomic E-state index is 12.3. The molecule has 0 unspecified atom stereocenters. The van der Waals surface area contributed by atoms with Crippen molar-refractivity contribution in [2.45, 2.75) is 63.5 Å². The van der Waals surface area contributed by atoms with E-state index in [4.69, 9.17) is 9.47 Å². The summed E-state index contributed by atoms with van der Waals surface area (Å²) in [7, 11) is 0. The van der Waals surface area contributed by atoms with Crippen LogP contribution in [0.15, 0.2) is 48.5 Å². The van der Waals surface area contributed by atoms with Gasteiger partial charge in [-0.15, -0.1) is 13.2 Å². The lowest BCUT2D eigenvalue weighted by Crippen LogP contribution is -2.37. The molecular formula is C25H29F3O3. The van der Waals surface area contributed by atoms with Gasteiger partial charge in [0.1, 0.15) is 5.75 Å². The lowest BCUT2D eigenvalue weighted by atomic mass is 9.78. The molecule has 0 bridgehead atoms. The fourth-order valence-electron chi connectivity index (χ4n) is 4.67. The second-order valence-corrected chi connectivity index (χ2v) is 8.56. The quantitative estimate of drug-likeness (QED) is 0.532. The minimum atomic E-state index is -4.66. The highest BCUT2D eigenvalue weighted by atomic mass is 19.4. The van der Waals surface area contributed by atoms with Gasteiger partial charge in [-0.2, -0.15) is 0 Å². The Balaban J connectivity index is 1.25. The Morgan fingerprint density at radius 2 is 1.35 bits per heavy atom. The van der Waals surface area contributed by atoms with Gasteiger partial charge in [0.2, 0.25) is 0 Å². The second-order valence-electron chi connectivity index (χ2n) is 8.56. The first-order valence-corrected chi connectivity index (χ1v) is 11.1. The van der Waals surface area contributed by atoms with Crippen molar-refractivity contribution < 1.29 is 27.4 Å². The summed E-state index contributed by atoms with van der Waals surface area (Å²) in [6, 6.07) is 15.0. The van der Waals surface area contributed by atoms with Crippen molar-refractivity contribution in [3.8, 4) is 5.75 Å². The summed E-state index contributed by atoms with van der Waals surface area (Å²) in [6.45, 7) is 3.51. The molecule has 2 fully saturated rings. The van der Waals surface area contributed by atoms with Gasteiger partial charge in [0.05, 0.1) is 13.2 Å². The minimum absolute atomic E-state index is 0.158. The van der Waals surface area contributed by atoms with Gasteiger partial charge in [0.15, 0.2) is 6.29 Å². The fraction of sp³-hybridized carbons (Fsp3) is 0.520. The molecule has 3 nitrogen and oxygen atoms in total. The molecule has 1 aliphatic heterocycles. The Morgan fingerprint density at radius 1 is 0.806 bits per heavy atom. The summed E-state index contributed by atoms with van der Waals surface area (Å²) in [6.07, 6.45) is 0.170. The van der Waals surface area contributed by atoms with E-state index in [0.717, 1.165) is 37.7 Å². The SMILES string of the molecule is CCc1ccc(C2COC(C3CCC(c4ccc(OC(F)(F)F)cc4)CC3)OC2)cc1. The zero-order valence-corrected chi connectivity index (χ0v) is 17.7. The van der Waals surface area contributed by atoms with E-state index in [2.05, 4.69) is 35.9 Å². The fourth-order valence-corrected chi connectivity index (χ4v) is 4.67. The largest absolute Gasteiger partial charge is 0.573 e. The molecule has 0 atom stereocenters. The topological polar surface area (TPSA) is 27.7 Å². The van der Waals surface area contributed by atoms with Gasteiger partial charge in [-0.3, -0.25) is 0 Å². The number of benzene rings is 2. The first kappa shape index (κ1) is 22.2. The number of rotatable bonds is 5. The van der Waals surface area contributed by atoms with Crippen LogP contribution >= 0.6 is 0 Å². The number of ether oxygens (including phenoxy) is 3. The van der Waals surface area contributed by atoms with Crippen LogP contribution in [-0.2, 0) is 15.9 Å². The smallest absolute Gasteiger partial charge is 0.406 e. The molecule has 4 rings (SSSR count). The maximum absolute atomic E-state index is 12.3. The van der Waals surface area contributed by atoms with Gasteiger partial charge in [-0.25, -0.2) is 0 Å². The first-order valence-electron chi connectivity index (χ1n) is 11.1. The molecule has 0 amide bonds. The first-order chi connectivity index (χ1) is 14.9. The van der Waals surface area contributed by atoms with Crippen LogP contribution in [0.1, 0.15) is 61.1 Å². The predicted octanol–water partition coefficient (Wildman–Crippen LogP) is 6.58. The van der Waals surface area contributed by atoms with Crippen molar-refractivity contribution in [2.24, 2.45) is 5.92 Å². The Morgan fingerprint density at radius 3 is 1.90 bits per heavy atom. The van der Waals surface area contributed by atoms with E-state index in [1.807, 2.05) is 0 Å². The molecule has 0 aromatic heterocycles. The highest BCUT2D eigenvalue weighted by molar-refractivity contribution is 5.30. The number of aryl methyl sites for hydroxylation is 1. The van der Waals surface area contributed by atoms with Gasteiger partial charge in [0.25, 0.3) is 0 Å². The maximum Gasteiger partial charge on any atom is 0.573 e. The average Bonchev–Trinajstić information content (AvgIpc) is 2.79. The molecule has 1 heterocycles. The summed E-state index contributed by atoms with van der Waals surface area (Å²) in [5.74, 6) is 0.820. The predicted molar refractivity (Wildman–Crippen MR) is 112 cm³/mol. The van der Waals surface area contributed by atoms with Crippen molar-refractivity contribution >= 4 is 0 Å². The Hall–Kier alpha value is -2.05. The van der Waals surface area contributed by atoms with Crippen LogP contribution in [0.4, 0.5) is 13.2 Å². The van der Waals surface area contributed by atoms with Crippen molar-refractivity contribution in [1.29, 1.82) is 0 Å². The van der Waals surface area contributed by atoms with Crippen LogP contribution in [0, 0.1) is 5.92 Å². The van der Waals surface area contributed by atoms with Crippen molar-refractivity contribution in [3.63, 3.8) is 0 Å². The number of hydrogen-bond acceptors (Lipinski definition) is 3. The lowest BCUT2D eigenvalue weighted by molar-refractivity contribution is -0.274. The van der Waals surface area contributed by atoms with Crippen molar-refractivity contribution in [1.82, 2.24) is 0 Å². The molecule has 1 saturated carbocycles. The molecule has 0 spiro atoms. The Labute approximate surface area is 181 Å². The van der Waals surface area contributed by atoms with E-state index in [9.17, 15) is 13.2 Å². The zero-order chi connectivity index (χ0) is 21.8. The molecule has 31 heavy (non-hydrogen) atoms. The van der Waals surface area contributed by atoms with Gasteiger partial charge < -0.3 is 14.2 Å². The molecule has 2 aromatic rings. The Kier molecular flexibility index (Phi) is 6.87. The van der Waals surface area contributed by atoms with E-state index < -0.39 is 6.36 Å². The van der Waals surface area contributed by atoms with Crippen LogP contribution in [-0.4, -0.2) is 25.9 Å². The molecule has 2 aromatic carbocycles. The molecule has 0 radical (unpaired) electrons. The highest BCUT2D eigenvalue weighted by Crippen LogP contribution is 2.40. The van der Waals surface area contributed by atoms with Crippen LogP contribution < -0.4 is 4.74 Å². The number of halogens is 3. The van der Waals surface area contributed by atoms with Gasteiger partial charge in [-0.05, 0) is 66.8 Å². The molecule has 0 N–H and O–H groups in total. The lowest BCUT2D eigenvalue weighted by Gasteiger charge is -2.38. The van der Waals surface area contributed by atoms with Gasteiger partial charge in [-0.1, -0.05) is 43.3 Å². The van der Waals surface area contributed by atoms with E-state index in [1.165, 1.54) is 23.3 Å². The highest BCUT2D eigenvalue weighted by Gasteiger charge is 2.34.